The van der Waals surface area contributed by atoms with Gasteiger partial charge in [0.1, 0.15) is 0 Å². The van der Waals surface area contributed by atoms with Gasteiger partial charge in [-0.1, -0.05) is 48.0 Å². The van der Waals surface area contributed by atoms with Crippen molar-refractivity contribution in [3.8, 4) is 5.69 Å². The molecule has 0 spiro atoms. The standard InChI is InChI=1S/C17H14N2O/c1-13-7-9-14(10-8-13)17(20)15-11-18-19(12-15)16-5-3-2-4-6-16/h2-12H,1H3. The van der Waals surface area contributed by atoms with Crippen molar-refractivity contribution in [1.29, 1.82) is 0 Å². The first-order valence-corrected chi connectivity index (χ1v) is 6.45. The highest BCUT2D eigenvalue weighted by Gasteiger charge is 2.11. The number of nitrogens with zero attached hydrogens (tertiary/aromatic N) is 2. The maximum absolute atomic E-state index is 12.3. The third-order valence-corrected chi connectivity index (χ3v) is 3.18. The highest BCUT2D eigenvalue weighted by atomic mass is 16.1. The first-order valence-electron chi connectivity index (χ1n) is 6.45. The van der Waals surface area contributed by atoms with E-state index in [1.807, 2.05) is 61.5 Å². The van der Waals surface area contributed by atoms with Crippen LogP contribution in [0.2, 0.25) is 0 Å². The van der Waals surface area contributed by atoms with Crippen molar-refractivity contribution in [3.63, 3.8) is 0 Å². The zero-order chi connectivity index (χ0) is 13.9. The molecule has 0 unspecified atom stereocenters. The largest absolute Gasteiger partial charge is 0.288 e. The quantitative estimate of drug-likeness (QED) is 0.678. The molecule has 0 radical (unpaired) electrons. The van der Waals surface area contributed by atoms with Crippen molar-refractivity contribution in [2.24, 2.45) is 0 Å². The molecule has 0 saturated carbocycles. The van der Waals surface area contributed by atoms with E-state index < -0.39 is 0 Å². The molecule has 2 aromatic carbocycles. The van der Waals surface area contributed by atoms with E-state index in [1.165, 1.54) is 0 Å². The average molecular weight is 262 g/mol. The summed E-state index contributed by atoms with van der Waals surface area (Å²) >= 11 is 0. The molecule has 1 aromatic heterocycles. The van der Waals surface area contributed by atoms with E-state index in [0.29, 0.717) is 11.1 Å². The Morgan fingerprint density at radius 2 is 1.65 bits per heavy atom. The van der Waals surface area contributed by atoms with Crippen molar-refractivity contribution in [2.75, 3.05) is 0 Å². The van der Waals surface area contributed by atoms with Gasteiger partial charge in [0, 0.05) is 11.8 Å². The molecule has 0 aliphatic carbocycles. The van der Waals surface area contributed by atoms with Gasteiger partial charge in [-0.25, -0.2) is 4.68 Å². The van der Waals surface area contributed by atoms with Gasteiger partial charge in [0.15, 0.2) is 5.78 Å². The summed E-state index contributed by atoms with van der Waals surface area (Å²) in [6.07, 6.45) is 3.37. The normalized spacial score (nSPS) is 10.4. The van der Waals surface area contributed by atoms with E-state index >= 15 is 0 Å². The number of carbonyl (C=O) groups excluding carboxylic acids is 1. The van der Waals surface area contributed by atoms with E-state index in [-0.39, 0.29) is 5.78 Å². The third-order valence-electron chi connectivity index (χ3n) is 3.18. The Kier molecular flexibility index (Phi) is 3.17. The van der Waals surface area contributed by atoms with Gasteiger partial charge in [-0.05, 0) is 19.1 Å². The topological polar surface area (TPSA) is 34.9 Å². The zero-order valence-electron chi connectivity index (χ0n) is 11.2. The Labute approximate surface area is 117 Å². The number of para-hydroxylation sites is 1. The molecule has 3 heteroatoms. The van der Waals surface area contributed by atoms with Crippen LogP contribution in [0, 0.1) is 6.92 Å². The molecule has 20 heavy (non-hydrogen) atoms. The van der Waals surface area contributed by atoms with Crippen LogP contribution in [0.1, 0.15) is 21.5 Å². The molecule has 0 aliphatic rings. The molecule has 0 N–H and O–H groups in total. The minimum atomic E-state index is -0.00724. The van der Waals surface area contributed by atoms with Crippen LogP contribution in [0.5, 0.6) is 0 Å². The van der Waals surface area contributed by atoms with Gasteiger partial charge in [-0.15, -0.1) is 0 Å². The summed E-state index contributed by atoms with van der Waals surface area (Å²) in [5.41, 5.74) is 3.36. The Bertz CT molecular complexity index is 727. The van der Waals surface area contributed by atoms with Gasteiger partial charge in [0.05, 0.1) is 17.4 Å². The van der Waals surface area contributed by atoms with Crippen LogP contribution in [0.3, 0.4) is 0 Å². The Hall–Kier alpha value is -2.68. The Morgan fingerprint density at radius 1 is 0.950 bits per heavy atom. The number of benzene rings is 2. The van der Waals surface area contributed by atoms with Crippen LogP contribution < -0.4 is 0 Å². The van der Waals surface area contributed by atoms with Gasteiger partial charge in [0.2, 0.25) is 0 Å². The van der Waals surface area contributed by atoms with Crippen molar-refractivity contribution in [1.82, 2.24) is 9.78 Å². The van der Waals surface area contributed by atoms with E-state index in [0.717, 1.165) is 11.3 Å². The third kappa shape index (κ3) is 2.38. The number of rotatable bonds is 3. The summed E-state index contributed by atoms with van der Waals surface area (Å²) in [7, 11) is 0. The van der Waals surface area contributed by atoms with Crippen molar-refractivity contribution >= 4 is 5.78 Å². The van der Waals surface area contributed by atoms with E-state index in [9.17, 15) is 4.79 Å². The molecule has 0 atom stereocenters. The summed E-state index contributed by atoms with van der Waals surface area (Å²) in [6.45, 7) is 2.00. The lowest BCUT2D eigenvalue weighted by Gasteiger charge is -2.00. The van der Waals surface area contributed by atoms with Crippen LogP contribution in [0.15, 0.2) is 67.0 Å². The van der Waals surface area contributed by atoms with Crippen molar-refractivity contribution in [2.45, 2.75) is 6.92 Å². The summed E-state index contributed by atoms with van der Waals surface area (Å²) in [5.74, 6) is -0.00724. The number of carbonyl (C=O) groups is 1. The van der Waals surface area contributed by atoms with Crippen LogP contribution in [-0.4, -0.2) is 15.6 Å². The fourth-order valence-electron chi connectivity index (χ4n) is 2.03. The molecule has 0 fully saturated rings. The van der Waals surface area contributed by atoms with Gasteiger partial charge in [-0.3, -0.25) is 4.79 Å². The van der Waals surface area contributed by atoms with E-state index in [1.54, 1.807) is 17.1 Å². The smallest absolute Gasteiger partial charge is 0.196 e. The highest BCUT2D eigenvalue weighted by Crippen LogP contribution is 2.13. The molecular weight excluding hydrogens is 248 g/mol. The van der Waals surface area contributed by atoms with Crippen molar-refractivity contribution < 1.29 is 4.79 Å². The van der Waals surface area contributed by atoms with Crippen molar-refractivity contribution in [3.05, 3.63) is 83.7 Å². The summed E-state index contributed by atoms with van der Waals surface area (Å²) < 4.78 is 1.71. The van der Waals surface area contributed by atoms with E-state index in [4.69, 9.17) is 0 Å². The SMILES string of the molecule is Cc1ccc(C(=O)c2cnn(-c3ccccc3)c2)cc1. The molecule has 0 aliphatic heterocycles. The minimum Gasteiger partial charge on any atom is -0.288 e. The van der Waals surface area contributed by atoms with Crippen LogP contribution >= 0.6 is 0 Å². The number of aryl methyl sites for hydroxylation is 1. The predicted octanol–water partition coefficient (Wildman–Crippen LogP) is 3.41. The lowest BCUT2D eigenvalue weighted by molar-refractivity contribution is 0.103. The van der Waals surface area contributed by atoms with Crippen LogP contribution in [0.4, 0.5) is 0 Å². The summed E-state index contributed by atoms with van der Waals surface area (Å²) in [4.78, 5) is 12.3. The van der Waals surface area contributed by atoms with Crippen LogP contribution in [0.25, 0.3) is 5.69 Å². The number of aromatic nitrogens is 2. The molecule has 1 heterocycles. The lowest BCUT2D eigenvalue weighted by Crippen LogP contribution is -2.00. The summed E-state index contributed by atoms with van der Waals surface area (Å²) in [5, 5.41) is 4.25. The first-order chi connectivity index (χ1) is 9.74. The maximum Gasteiger partial charge on any atom is 0.196 e. The average Bonchev–Trinajstić information content (AvgIpc) is 2.98. The Morgan fingerprint density at radius 3 is 2.35 bits per heavy atom. The number of hydrogen-bond acceptors (Lipinski definition) is 2. The van der Waals surface area contributed by atoms with Gasteiger partial charge >= 0.3 is 0 Å². The highest BCUT2D eigenvalue weighted by molar-refractivity contribution is 6.08. The molecule has 3 rings (SSSR count). The fourth-order valence-corrected chi connectivity index (χ4v) is 2.03. The summed E-state index contributed by atoms with van der Waals surface area (Å²) in [6, 6.07) is 17.3. The predicted molar refractivity (Wildman–Crippen MR) is 78.2 cm³/mol. The van der Waals surface area contributed by atoms with Gasteiger partial charge in [-0.2, -0.15) is 5.10 Å². The number of ketones is 1. The minimum absolute atomic E-state index is 0.00724. The maximum atomic E-state index is 12.3. The second-order valence-corrected chi connectivity index (χ2v) is 4.70. The molecule has 0 bridgehead atoms. The molecule has 0 saturated heterocycles. The van der Waals surface area contributed by atoms with Crippen LogP contribution in [-0.2, 0) is 0 Å². The second-order valence-electron chi connectivity index (χ2n) is 4.70. The number of hydrogen-bond donors (Lipinski definition) is 0. The molecule has 98 valence electrons. The lowest BCUT2D eigenvalue weighted by atomic mass is 10.1. The molecule has 0 amide bonds. The first kappa shape index (κ1) is 12.4. The second kappa shape index (κ2) is 5.13. The monoisotopic (exact) mass is 262 g/mol. The van der Waals surface area contributed by atoms with Gasteiger partial charge < -0.3 is 0 Å². The fraction of sp³-hybridized carbons (Fsp3) is 0.0588. The van der Waals surface area contributed by atoms with Gasteiger partial charge in [0.25, 0.3) is 0 Å². The Balaban J connectivity index is 1.90. The van der Waals surface area contributed by atoms with E-state index in [2.05, 4.69) is 5.10 Å². The molecular formula is C17H14N2O. The molecule has 3 aromatic rings. The zero-order valence-corrected chi connectivity index (χ0v) is 11.2. The molecule has 3 nitrogen and oxygen atoms in total.